The minimum Gasteiger partial charge on any atom is -0.491 e. The van der Waals surface area contributed by atoms with Crippen molar-refractivity contribution in [2.75, 3.05) is 18.5 Å². The van der Waals surface area contributed by atoms with Crippen LogP contribution in [0.15, 0.2) is 24.3 Å². The Balaban J connectivity index is 0.00000242. The van der Waals surface area contributed by atoms with Gasteiger partial charge in [0.2, 0.25) is 5.91 Å². The second-order valence-corrected chi connectivity index (χ2v) is 5.75. The molecule has 0 bridgehead atoms. The van der Waals surface area contributed by atoms with E-state index in [1.807, 2.05) is 24.3 Å². The van der Waals surface area contributed by atoms with Gasteiger partial charge in [0.05, 0.1) is 12.3 Å². The third kappa shape index (κ3) is 7.14. The van der Waals surface area contributed by atoms with E-state index in [0.717, 1.165) is 50.3 Å². The van der Waals surface area contributed by atoms with Crippen molar-refractivity contribution in [1.82, 2.24) is 0 Å². The lowest BCUT2D eigenvalue weighted by Crippen LogP contribution is -2.12. The average Bonchev–Trinajstić information content (AvgIpc) is 3.30. The Morgan fingerprint density at radius 1 is 1.18 bits per heavy atom. The van der Waals surface area contributed by atoms with Gasteiger partial charge >= 0.3 is 0 Å². The molecular weight excluding hydrogens is 300 g/mol. The largest absolute Gasteiger partial charge is 0.491 e. The highest BCUT2D eigenvalue weighted by Crippen LogP contribution is 2.31. The number of hydrogen-bond acceptors (Lipinski definition) is 3. The zero-order valence-corrected chi connectivity index (χ0v) is 13.9. The Labute approximate surface area is 139 Å². The van der Waals surface area contributed by atoms with E-state index in [9.17, 15) is 4.79 Å². The van der Waals surface area contributed by atoms with Gasteiger partial charge in [-0.15, -0.1) is 12.4 Å². The van der Waals surface area contributed by atoms with E-state index in [1.54, 1.807) is 0 Å². The monoisotopic (exact) mass is 326 g/mol. The molecule has 2 rings (SSSR count). The molecule has 1 aromatic carbocycles. The first-order chi connectivity index (χ1) is 10.3. The molecule has 1 fully saturated rings. The van der Waals surface area contributed by atoms with Gasteiger partial charge in [-0.2, -0.15) is 0 Å². The van der Waals surface area contributed by atoms with Gasteiger partial charge in [-0.3, -0.25) is 4.79 Å². The number of para-hydroxylation sites is 2. The molecule has 1 aliphatic carbocycles. The van der Waals surface area contributed by atoms with Gasteiger partial charge in [0.15, 0.2) is 0 Å². The standard InChI is InChI=1S/C17H26N2O2.ClH/c18-12-6-2-1-3-9-17(20)19-15-7-4-5-8-16(15)21-13-14-10-11-14;/h4-5,7-8,14H,1-3,6,9-13,18H2,(H,19,20);1H. The van der Waals surface area contributed by atoms with Crippen LogP contribution in [0.5, 0.6) is 5.75 Å². The lowest BCUT2D eigenvalue weighted by molar-refractivity contribution is -0.116. The second-order valence-electron chi connectivity index (χ2n) is 5.75. The summed E-state index contributed by atoms with van der Waals surface area (Å²) in [6.07, 6.45) is 7.20. The van der Waals surface area contributed by atoms with Gasteiger partial charge < -0.3 is 15.8 Å². The molecule has 0 aromatic heterocycles. The molecule has 0 atom stereocenters. The van der Waals surface area contributed by atoms with Gasteiger partial charge in [-0.1, -0.05) is 25.0 Å². The predicted octanol–water partition coefficient (Wildman–Crippen LogP) is 3.74. The molecule has 1 aromatic rings. The molecular formula is C17H27ClN2O2. The highest BCUT2D eigenvalue weighted by molar-refractivity contribution is 5.92. The first-order valence-corrected chi connectivity index (χ1v) is 8.01. The van der Waals surface area contributed by atoms with E-state index in [1.165, 1.54) is 12.8 Å². The minimum absolute atomic E-state index is 0. The molecule has 0 saturated heterocycles. The summed E-state index contributed by atoms with van der Waals surface area (Å²) < 4.78 is 5.79. The summed E-state index contributed by atoms with van der Waals surface area (Å²) in [6.45, 7) is 1.49. The Morgan fingerprint density at radius 2 is 1.91 bits per heavy atom. The molecule has 0 aliphatic heterocycles. The number of amides is 1. The van der Waals surface area contributed by atoms with Crippen LogP contribution in [0.1, 0.15) is 44.9 Å². The predicted molar refractivity (Wildman–Crippen MR) is 92.7 cm³/mol. The summed E-state index contributed by atoms with van der Waals surface area (Å²) >= 11 is 0. The first kappa shape index (κ1) is 18.8. The number of carbonyl (C=O) groups is 1. The SMILES string of the molecule is Cl.NCCCCCCC(=O)Nc1ccccc1OCC1CC1. The van der Waals surface area contributed by atoms with Crippen molar-refractivity contribution in [2.24, 2.45) is 11.7 Å². The van der Waals surface area contributed by atoms with E-state index in [4.69, 9.17) is 10.5 Å². The number of nitrogens with two attached hydrogens (primary N) is 1. The van der Waals surface area contributed by atoms with Crippen LogP contribution in [0.3, 0.4) is 0 Å². The van der Waals surface area contributed by atoms with Crippen LogP contribution in [0.4, 0.5) is 5.69 Å². The molecule has 1 amide bonds. The summed E-state index contributed by atoms with van der Waals surface area (Å²) in [6, 6.07) is 7.67. The third-order valence-electron chi connectivity index (χ3n) is 3.69. The number of halogens is 1. The smallest absolute Gasteiger partial charge is 0.224 e. The topological polar surface area (TPSA) is 64.4 Å². The molecule has 0 unspecified atom stereocenters. The Morgan fingerprint density at radius 3 is 2.64 bits per heavy atom. The van der Waals surface area contributed by atoms with Crippen molar-refractivity contribution >= 4 is 24.0 Å². The lowest BCUT2D eigenvalue weighted by atomic mass is 10.1. The number of nitrogens with one attached hydrogen (secondary N) is 1. The maximum Gasteiger partial charge on any atom is 0.224 e. The number of ether oxygens (including phenoxy) is 1. The fourth-order valence-corrected chi connectivity index (χ4v) is 2.18. The number of anilines is 1. The minimum atomic E-state index is 0. The fraction of sp³-hybridized carbons (Fsp3) is 0.588. The van der Waals surface area contributed by atoms with Crippen molar-refractivity contribution < 1.29 is 9.53 Å². The van der Waals surface area contributed by atoms with E-state index in [0.29, 0.717) is 12.3 Å². The van der Waals surface area contributed by atoms with Crippen molar-refractivity contribution in [3.63, 3.8) is 0 Å². The molecule has 0 radical (unpaired) electrons. The van der Waals surface area contributed by atoms with Crippen LogP contribution in [0, 0.1) is 5.92 Å². The molecule has 22 heavy (non-hydrogen) atoms. The van der Waals surface area contributed by atoms with Crippen molar-refractivity contribution in [3.8, 4) is 5.75 Å². The quantitative estimate of drug-likeness (QED) is 0.644. The zero-order valence-electron chi connectivity index (χ0n) is 13.1. The molecule has 3 N–H and O–H groups in total. The lowest BCUT2D eigenvalue weighted by Gasteiger charge is -2.12. The van der Waals surface area contributed by atoms with Crippen LogP contribution in [-0.2, 0) is 4.79 Å². The van der Waals surface area contributed by atoms with E-state index >= 15 is 0 Å². The maximum absolute atomic E-state index is 12.0. The summed E-state index contributed by atoms with van der Waals surface area (Å²) in [5.74, 6) is 1.54. The number of hydrogen-bond donors (Lipinski definition) is 2. The van der Waals surface area contributed by atoms with Crippen LogP contribution in [0.2, 0.25) is 0 Å². The number of benzene rings is 1. The van der Waals surface area contributed by atoms with E-state index in [2.05, 4.69) is 5.32 Å². The van der Waals surface area contributed by atoms with Gasteiger partial charge in [0, 0.05) is 6.42 Å². The molecule has 5 heteroatoms. The summed E-state index contributed by atoms with van der Waals surface area (Å²) in [7, 11) is 0. The second kappa shape index (κ2) is 10.5. The maximum atomic E-state index is 12.0. The molecule has 0 heterocycles. The van der Waals surface area contributed by atoms with Crippen molar-refractivity contribution in [1.29, 1.82) is 0 Å². The highest BCUT2D eigenvalue weighted by Gasteiger charge is 2.22. The Kier molecular flexibility index (Phi) is 8.94. The Hall–Kier alpha value is -1.26. The number of rotatable bonds is 10. The molecule has 1 saturated carbocycles. The van der Waals surface area contributed by atoms with Crippen molar-refractivity contribution in [3.05, 3.63) is 24.3 Å². The molecule has 0 spiro atoms. The van der Waals surface area contributed by atoms with Gasteiger partial charge in [-0.05, 0) is 50.3 Å². The summed E-state index contributed by atoms with van der Waals surface area (Å²) in [4.78, 5) is 12.0. The Bertz CT molecular complexity index is 450. The van der Waals surface area contributed by atoms with E-state index < -0.39 is 0 Å². The number of unbranched alkanes of at least 4 members (excludes halogenated alkanes) is 3. The molecule has 124 valence electrons. The van der Waals surface area contributed by atoms with E-state index in [-0.39, 0.29) is 18.3 Å². The normalized spacial score (nSPS) is 13.3. The first-order valence-electron chi connectivity index (χ1n) is 8.01. The molecule has 4 nitrogen and oxygen atoms in total. The van der Waals surface area contributed by atoms with Crippen molar-refractivity contribution in [2.45, 2.75) is 44.9 Å². The van der Waals surface area contributed by atoms with Gasteiger partial charge in [-0.25, -0.2) is 0 Å². The van der Waals surface area contributed by atoms with Gasteiger partial charge in [0.25, 0.3) is 0 Å². The highest BCUT2D eigenvalue weighted by atomic mass is 35.5. The summed E-state index contributed by atoms with van der Waals surface area (Å²) in [5.41, 5.74) is 6.23. The average molecular weight is 327 g/mol. The third-order valence-corrected chi connectivity index (χ3v) is 3.69. The fourth-order valence-electron chi connectivity index (χ4n) is 2.18. The summed E-state index contributed by atoms with van der Waals surface area (Å²) in [5, 5.41) is 2.96. The molecule has 1 aliphatic rings. The van der Waals surface area contributed by atoms with Crippen LogP contribution in [0.25, 0.3) is 0 Å². The number of carbonyl (C=O) groups excluding carboxylic acids is 1. The van der Waals surface area contributed by atoms with Crippen LogP contribution in [-0.4, -0.2) is 19.1 Å². The van der Waals surface area contributed by atoms with Crippen LogP contribution >= 0.6 is 12.4 Å². The van der Waals surface area contributed by atoms with Crippen LogP contribution < -0.4 is 15.8 Å². The zero-order chi connectivity index (χ0) is 14.9. The van der Waals surface area contributed by atoms with Gasteiger partial charge in [0.1, 0.15) is 5.75 Å².